The minimum Gasteiger partial charge on any atom is -0.490 e. The second-order valence-electron chi connectivity index (χ2n) is 8.27. The molecule has 4 rings (SSSR count). The largest absolute Gasteiger partial charge is 0.490 e. The highest BCUT2D eigenvalue weighted by Crippen LogP contribution is 2.37. The molecular weight excluding hydrogens is 658 g/mol. The van der Waals surface area contributed by atoms with E-state index in [4.69, 9.17) is 38.0 Å². The number of hydrogen-bond acceptors (Lipinski definition) is 6. The molecule has 39 heavy (non-hydrogen) atoms. The lowest BCUT2D eigenvalue weighted by molar-refractivity contribution is -0.140. The molecule has 3 aromatic carbocycles. The van der Waals surface area contributed by atoms with Crippen molar-refractivity contribution in [1.29, 1.82) is 0 Å². The molecule has 0 unspecified atom stereocenters. The molecule has 0 radical (unpaired) electrons. The van der Waals surface area contributed by atoms with Gasteiger partial charge in [0.2, 0.25) is 0 Å². The molecule has 202 valence electrons. The quantitative estimate of drug-likeness (QED) is 0.115. The topological polar surface area (TPSA) is 68.3 Å². The molecule has 1 aliphatic rings. The van der Waals surface area contributed by atoms with Gasteiger partial charge < -0.3 is 19.1 Å². The van der Waals surface area contributed by atoms with Crippen molar-refractivity contribution in [3.63, 3.8) is 0 Å². The molecule has 0 aromatic heterocycles. The van der Waals surface area contributed by atoms with E-state index in [1.165, 1.54) is 29.0 Å². The summed E-state index contributed by atoms with van der Waals surface area (Å²) in [6, 6.07) is 16.3. The number of carbonyl (C=O) groups excluding carboxylic acids is 2. The van der Waals surface area contributed by atoms with E-state index in [1.54, 1.807) is 48.5 Å². The Balaban J connectivity index is 1.70. The van der Waals surface area contributed by atoms with Gasteiger partial charge in [0.25, 0.3) is 5.91 Å². The molecule has 0 atom stereocenters. The third kappa shape index (κ3) is 6.68. The summed E-state index contributed by atoms with van der Waals surface area (Å²) in [6.45, 7) is 2.20. The Morgan fingerprint density at radius 2 is 1.79 bits per heavy atom. The van der Waals surface area contributed by atoms with Gasteiger partial charge in [-0.3, -0.25) is 14.5 Å². The number of esters is 1. The van der Waals surface area contributed by atoms with E-state index in [0.29, 0.717) is 34.4 Å². The van der Waals surface area contributed by atoms with E-state index in [2.05, 4.69) is 22.6 Å². The van der Waals surface area contributed by atoms with E-state index in [-0.39, 0.29) is 29.8 Å². The van der Waals surface area contributed by atoms with Crippen LogP contribution in [0.1, 0.15) is 18.1 Å². The number of hydrogen-bond donors (Lipinski definition) is 0. The number of nitrogens with zero attached hydrogens (tertiary/aromatic N) is 2. The van der Waals surface area contributed by atoms with Crippen LogP contribution in [0.25, 0.3) is 6.08 Å². The minimum absolute atomic E-state index is 0.137. The van der Waals surface area contributed by atoms with E-state index >= 15 is 0 Å². The molecule has 0 aliphatic carbocycles. The maximum atomic E-state index is 13.6. The molecule has 7 nitrogen and oxygen atoms in total. The Morgan fingerprint density at radius 1 is 1.10 bits per heavy atom. The molecule has 1 fully saturated rings. The van der Waals surface area contributed by atoms with E-state index in [1.807, 2.05) is 13.0 Å². The first kappa shape index (κ1) is 28.8. The van der Waals surface area contributed by atoms with Crippen LogP contribution in [0.5, 0.6) is 11.5 Å². The Kier molecular flexibility index (Phi) is 9.41. The lowest BCUT2D eigenvalue weighted by atomic mass is 10.1. The summed E-state index contributed by atoms with van der Waals surface area (Å²) in [5.74, 6) is -0.289. The van der Waals surface area contributed by atoms with Gasteiger partial charge in [-0.15, -0.1) is 0 Å². The smallest absolute Gasteiger partial charge is 0.325 e. The highest BCUT2D eigenvalue weighted by atomic mass is 127. The Bertz CT molecular complexity index is 1430. The molecule has 1 aliphatic heterocycles. The number of amides is 1. The van der Waals surface area contributed by atoms with Crippen molar-refractivity contribution < 1.29 is 28.2 Å². The van der Waals surface area contributed by atoms with Crippen LogP contribution in [0.4, 0.5) is 10.1 Å². The molecule has 1 saturated heterocycles. The molecule has 1 heterocycles. The summed E-state index contributed by atoms with van der Waals surface area (Å²) < 4.78 is 30.7. The van der Waals surface area contributed by atoms with Crippen molar-refractivity contribution >= 4 is 75.2 Å². The first-order valence-electron chi connectivity index (χ1n) is 11.8. The fourth-order valence-electron chi connectivity index (χ4n) is 3.81. The van der Waals surface area contributed by atoms with Gasteiger partial charge in [-0.2, -0.15) is 0 Å². The highest BCUT2D eigenvalue weighted by molar-refractivity contribution is 14.1. The monoisotopic (exact) mass is 680 g/mol. The van der Waals surface area contributed by atoms with Crippen molar-refractivity contribution in [3.05, 3.63) is 91.9 Å². The highest BCUT2D eigenvalue weighted by Gasteiger charge is 2.40. The molecule has 1 amide bonds. The van der Waals surface area contributed by atoms with Gasteiger partial charge in [0.15, 0.2) is 16.6 Å². The van der Waals surface area contributed by atoms with Gasteiger partial charge in [0, 0.05) is 5.02 Å². The second-order valence-corrected chi connectivity index (χ2v) is 10.2. The standard InChI is InChI=1S/C28H23ClFIN2O5S/c1-3-37-24-14-18(12-22(31)26(24)38-16-17-4-8-20(30)9-5-17)13-23-27(35)33(21-10-6-19(29)7-11-21)28(39)32(23)15-25(34)36-2/h4-14H,3,15-16H2,1-2H3/b23-13-. The summed E-state index contributed by atoms with van der Waals surface area (Å²) in [6.07, 6.45) is 1.64. The number of carbonyl (C=O) groups is 2. The van der Waals surface area contributed by atoms with Crippen LogP contribution in [0.3, 0.4) is 0 Å². The molecule has 0 bridgehead atoms. The van der Waals surface area contributed by atoms with E-state index in [0.717, 1.165) is 9.13 Å². The summed E-state index contributed by atoms with van der Waals surface area (Å²) in [4.78, 5) is 28.6. The summed E-state index contributed by atoms with van der Waals surface area (Å²) in [5, 5.41) is 0.649. The zero-order valence-corrected chi connectivity index (χ0v) is 24.7. The number of methoxy groups -OCH3 is 1. The summed E-state index contributed by atoms with van der Waals surface area (Å²) in [5.41, 5.74) is 2.14. The average molecular weight is 681 g/mol. The van der Waals surface area contributed by atoms with Gasteiger partial charge >= 0.3 is 5.97 Å². The first-order valence-corrected chi connectivity index (χ1v) is 13.6. The third-order valence-corrected chi connectivity index (χ3v) is 7.12. The number of halogens is 3. The summed E-state index contributed by atoms with van der Waals surface area (Å²) >= 11 is 13.7. The van der Waals surface area contributed by atoms with Crippen LogP contribution in [0.2, 0.25) is 5.02 Å². The van der Waals surface area contributed by atoms with Crippen molar-refractivity contribution in [2.75, 3.05) is 25.2 Å². The average Bonchev–Trinajstić information content (AvgIpc) is 3.13. The van der Waals surface area contributed by atoms with Crippen LogP contribution in [0.15, 0.2) is 66.4 Å². The van der Waals surface area contributed by atoms with Crippen molar-refractivity contribution in [2.24, 2.45) is 0 Å². The fourth-order valence-corrected chi connectivity index (χ4v) is 5.07. The zero-order chi connectivity index (χ0) is 28.1. The zero-order valence-electron chi connectivity index (χ0n) is 20.9. The van der Waals surface area contributed by atoms with Gasteiger partial charge in [0.1, 0.15) is 24.7 Å². The number of anilines is 1. The molecule has 0 N–H and O–H groups in total. The molecule has 3 aromatic rings. The van der Waals surface area contributed by atoms with E-state index < -0.39 is 11.9 Å². The normalized spacial score (nSPS) is 14.2. The van der Waals surface area contributed by atoms with Crippen LogP contribution in [0, 0.1) is 9.39 Å². The first-order chi connectivity index (χ1) is 18.7. The Morgan fingerprint density at radius 3 is 2.44 bits per heavy atom. The molecule has 0 spiro atoms. The van der Waals surface area contributed by atoms with Crippen LogP contribution in [-0.2, 0) is 20.9 Å². The van der Waals surface area contributed by atoms with E-state index in [9.17, 15) is 14.0 Å². The van der Waals surface area contributed by atoms with Gasteiger partial charge in [-0.1, -0.05) is 23.7 Å². The van der Waals surface area contributed by atoms with Crippen LogP contribution in [-0.4, -0.2) is 42.2 Å². The Labute approximate surface area is 249 Å². The fraction of sp³-hybridized carbons (Fsp3) is 0.179. The van der Waals surface area contributed by atoms with Gasteiger partial charge in [-0.25, -0.2) is 4.39 Å². The molecule has 11 heteroatoms. The summed E-state index contributed by atoms with van der Waals surface area (Å²) in [7, 11) is 1.27. The second kappa shape index (κ2) is 12.8. The predicted octanol–water partition coefficient (Wildman–Crippen LogP) is 6.21. The molecule has 0 saturated carbocycles. The third-order valence-electron chi connectivity index (χ3n) is 5.67. The Hall–Kier alpha value is -3.22. The lowest BCUT2D eigenvalue weighted by Crippen LogP contribution is -2.35. The van der Waals surface area contributed by atoms with Crippen LogP contribution >= 0.6 is 46.4 Å². The number of thiocarbonyl (C=S) groups is 1. The van der Waals surface area contributed by atoms with Gasteiger partial charge in [-0.05, 0) is 107 Å². The number of benzene rings is 3. The maximum absolute atomic E-state index is 13.6. The lowest BCUT2D eigenvalue weighted by Gasteiger charge is -2.19. The van der Waals surface area contributed by atoms with Crippen molar-refractivity contribution in [1.82, 2.24) is 4.90 Å². The van der Waals surface area contributed by atoms with Crippen molar-refractivity contribution in [3.8, 4) is 11.5 Å². The van der Waals surface area contributed by atoms with Gasteiger partial charge in [0.05, 0.1) is 23.0 Å². The molecular formula is C28H23ClFIN2O5S. The van der Waals surface area contributed by atoms with Crippen LogP contribution < -0.4 is 14.4 Å². The maximum Gasteiger partial charge on any atom is 0.325 e. The number of ether oxygens (including phenoxy) is 3. The predicted molar refractivity (Wildman–Crippen MR) is 159 cm³/mol. The number of rotatable bonds is 9. The SMILES string of the molecule is CCOc1cc(/C=C2/C(=O)N(c3ccc(Cl)cc3)C(=S)N2CC(=O)OC)cc(I)c1OCc1ccc(F)cc1. The minimum atomic E-state index is -0.553. The van der Waals surface area contributed by atoms with Crippen molar-refractivity contribution in [2.45, 2.75) is 13.5 Å².